The van der Waals surface area contributed by atoms with Crippen LogP contribution in [-0.2, 0) is 4.79 Å². The zero-order valence-electron chi connectivity index (χ0n) is 17.3. The Morgan fingerprint density at radius 3 is 2.32 bits per heavy atom. The number of thioether (sulfide) groups is 1. The third kappa shape index (κ3) is 5.52. The van der Waals surface area contributed by atoms with Crippen LogP contribution in [0.3, 0.4) is 0 Å². The first-order chi connectivity index (χ1) is 15.1. The van der Waals surface area contributed by atoms with Crippen molar-refractivity contribution in [2.75, 3.05) is 47.0 Å². The van der Waals surface area contributed by atoms with Gasteiger partial charge in [0.1, 0.15) is 10.8 Å². The van der Waals surface area contributed by atoms with Crippen molar-refractivity contribution < 1.29 is 9.18 Å². The lowest BCUT2D eigenvalue weighted by atomic mass is 10.2. The maximum atomic E-state index is 13.2. The molecule has 1 aliphatic heterocycles. The van der Waals surface area contributed by atoms with E-state index in [2.05, 4.69) is 25.1 Å². The summed E-state index contributed by atoms with van der Waals surface area (Å²) in [4.78, 5) is 25.8. The molecule has 4 rings (SSSR count). The molecule has 0 unspecified atom stereocenters. The average molecular weight is 438 g/mol. The van der Waals surface area contributed by atoms with Crippen LogP contribution >= 0.6 is 11.8 Å². The van der Waals surface area contributed by atoms with Crippen LogP contribution in [0.2, 0.25) is 0 Å². The van der Waals surface area contributed by atoms with E-state index in [0.717, 1.165) is 54.0 Å². The van der Waals surface area contributed by atoms with Gasteiger partial charge in [0, 0.05) is 49.9 Å². The average Bonchev–Trinajstić information content (AvgIpc) is 2.80. The molecule has 1 saturated heterocycles. The van der Waals surface area contributed by atoms with Crippen molar-refractivity contribution in [2.24, 2.45) is 0 Å². The van der Waals surface area contributed by atoms with E-state index < -0.39 is 0 Å². The van der Waals surface area contributed by atoms with Crippen LogP contribution in [0, 0.1) is 12.7 Å². The number of rotatable bonds is 6. The molecule has 2 heterocycles. The van der Waals surface area contributed by atoms with Gasteiger partial charge in [0.05, 0.1) is 5.75 Å². The van der Waals surface area contributed by atoms with E-state index in [1.807, 2.05) is 31.2 Å². The molecule has 1 amide bonds. The van der Waals surface area contributed by atoms with Gasteiger partial charge in [-0.3, -0.25) is 4.79 Å². The maximum absolute atomic E-state index is 13.2. The third-order valence-corrected chi connectivity index (χ3v) is 6.06. The molecule has 0 radical (unpaired) electrons. The maximum Gasteiger partial charge on any atom is 0.234 e. The van der Waals surface area contributed by atoms with Crippen LogP contribution in [0.25, 0.3) is 0 Å². The fraction of sp³-hybridized carbons (Fsp3) is 0.261. The Kier molecular flexibility index (Phi) is 6.66. The molecule has 0 bridgehead atoms. The van der Waals surface area contributed by atoms with Gasteiger partial charge >= 0.3 is 0 Å². The predicted octanol–water partition coefficient (Wildman–Crippen LogP) is 3.98. The van der Waals surface area contributed by atoms with Crippen molar-refractivity contribution >= 4 is 34.9 Å². The van der Waals surface area contributed by atoms with Crippen LogP contribution in [-0.4, -0.2) is 47.8 Å². The number of halogens is 1. The molecule has 31 heavy (non-hydrogen) atoms. The largest absolute Gasteiger partial charge is 0.368 e. The SMILES string of the molecule is Cc1ccc(NC(=O)CSc2nccnc2N2CCN(c3ccc(F)cc3)CC2)cc1. The number of amides is 1. The summed E-state index contributed by atoms with van der Waals surface area (Å²) in [5.41, 5.74) is 2.95. The second kappa shape index (κ2) is 9.78. The van der Waals surface area contributed by atoms with Crippen LogP contribution in [0.1, 0.15) is 5.56 Å². The van der Waals surface area contributed by atoms with Gasteiger partial charge in [-0.2, -0.15) is 0 Å². The van der Waals surface area contributed by atoms with Gasteiger partial charge in [0.2, 0.25) is 5.91 Å². The van der Waals surface area contributed by atoms with Gasteiger partial charge in [-0.25, -0.2) is 14.4 Å². The molecule has 1 aromatic heterocycles. The zero-order chi connectivity index (χ0) is 21.6. The Bertz CT molecular complexity index is 1020. The van der Waals surface area contributed by atoms with Crippen molar-refractivity contribution in [3.05, 3.63) is 72.3 Å². The van der Waals surface area contributed by atoms with E-state index in [4.69, 9.17) is 0 Å². The molecule has 8 heteroatoms. The Labute approximate surface area is 185 Å². The number of nitrogens with one attached hydrogen (secondary N) is 1. The van der Waals surface area contributed by atoms with E-state index in [-0.39, 0.29) is 17.5 Å². The molecule has 0 saturated carbocycles. The van der Waals surface area contributed by atoms with Crippen molar-refractivity contribution in [3.63, 3.8) is 0 Å². The number of anilines is 3. The molecule has 160 valence electrons. The van der Waals surface area contributed by atoms with Crippen molar-refractivity contribution in [3.8, 4) is 0 Å². The summed E-state index contributed by atoms with van der Waals surface area (Å²) in [6.45, 7) is 5.18. The lowest BCUT2D eigenvalue weighted by Gasteiger charge is -2.37. The molecule has 3 aromatic rings. The minimum atomic E-state index is -0.227. The van der Waals surface area contributed by atoms with E-state index >= 15 is 0 Å². The number of piperazine rings is 1. The molecule has 1 N–H and O–H groups in total. The normalized spacial score (nSPS) is 13.9. The molecule has 0 aliphatic carbocycles. The van der Waals surface area contributed by atoms with Crippen LogP contribution in [0.5, 0.6) is 0 Å². The minimum Gasteiger partial charge on any atom is -0.368 e. The summed E-state index contributed by atoms with van der Waals surface area (Å²) in [5, 5.41) is 3.66. The fourth-order valence-corrected chi connectivity index (χ4v) is 4.22. The Balaban J connectivity index is 1.34. The van der Waals surface area contributed by atoms with Gasteiger partial charge in [-0.15, -0.1) is 0 Å². The van der Waals surface area contributed by atoms with E-state index in [9.17, 15) is 9.18 Å². The highest BCUT2D eigenvalue weighted by Crippen LogP contribution is 2.27. The molecular formula is C23H24FN5OS. The number of carbonyl (C=O) groups is 1. The molecule has 6 nitrogen and oxygen atoms in total. The first kappa shape index (κ1) is 21.1. The highest BCUT2D eigenvalue weighted by Gasteiger charge is 2.21. The second-order valence-corrected chi connectivity index (χ2v) is 8.30. The smallest absolute Gasteiger partial charge is 0.234 e. The predicted molar refractivity (Wildman–Crippen MR) is 123 cm³/mol. The van der Waals surface area contributed by atoms with E-state index in [1.165, 1.54) is 23.9 Å². The van der Waals surface area contributed by atoms with Crippen LogP contribution in [0.4, 0.5) is 21.6 Å². The first-order valence-corrected chi connectivity index (χ1v) is 11.1. The minimum absolute atomic E-state index is 0.0772. The van der Waals surface area contributed by atoms with Gasteiger partial charge in [0.25, 0.3) is 0 Å². The molecule has 1 fully saturated rings. The number of aromatic nitrogens is 2. The lowest BCUT2D eigenvalue weighted by molar-refractivity contribution is -0.113. The van der Waals surface area contributed by atoms with Crippen molar-refractivity contribution in [2.45, 2.75) is 11.9 Å². The fourth-order valence-electron chi connectivity index (χ4n) is 3.43. The van der Waals surface area contributed by atoms with E-state index in [0.29, 0.717) is 0 Å². The summed E-state index contributed by atoms with van der Waals surface area (Å²) in [6, 6.07) is 14.3. The monoisotopic (exact) mass is 437 g/mol. The summed E-state index contributed by atoms with van der Waals surface area (Å²) in [5.74, 6) is 0.755. The Hall–Kier alpha value is -3.13. The van der Waals surface area contributed by atoms with Gasteiger partial charge in [0.15, 0.2) is 5.82 Å². The van der Waals surface area contributed by atoms with Gasteiger partial charge < -0.3 is 15.1 Å². The molecule has 2 aromatic carbocycles. The van der Waals surface area contributed by atoms with Crippen molar-refractivity contribution in [1.29, 1.82) is 0 Å². The molecule has 0 spiro atoms. The topological polar surface area (TPSA) is 61.4 Å². The highest BCUT2D eigenvalue weighted by molar-refractivity contribution is 8.00. The summed E-state index contributed by atoms with van der Waals surface area (Å²) in [6.07, 6.45) is 3.33. The summed E-state index contributed by atoms with van der Waals surface area (Å²) >= 11 is 1.39. The molecular weight excluding hydrogens is 413 g/mol. The number of aryl methyl sites for hydroxylation is 1. The Morgan fingerprint density at radius 1 is 0.968 bits per heavy atom. The van der Waals surface area contributed by atoms with Crippen LogP contribution in [0.15, 0.2) is 66.0 Å². The van der Waals surface area contributed by atoms with Crippen molar-refractivity contribution in [1.82, 2.24) is 9.97 Å². The van der Waals surface area contributed by atoms with Crippen LogP contribution < -0.4 is 15.1 Å². The quantitative estimate of drug-likeness (QED) is 0.589. The summed E-state index contributed by atoms with van der Waals surface area (Å²) in [7, 11) is 0. The number of nitrogens with zero attached hydrogens (tertiary/aromatic N) is 4. The standard InChI is InChI=1S/C23H24FN5OS/c1-17-2-6-19(7-3-17)27-21(30)16-31-23-22(25-10-11-26-23)29-14-12-28(13-15-29)20-8-4-18(24)5-9-20/h2-11H,12-16H2,1H3,(H,27,30). The number of hydrogen-bond acceptors (Lipinski definition) is 6. The number of carbonyl (C=O) groups excluding carboxylic acids is 1. The lowest BCUT2D eigenvalue weighted by Crippen LogP contribution is -2.47. The second-order valence-electron chi connectivity index (χ2n) is 7.34. The molecule has 1 aliphatic rings. The van der Waals surface area contributed by atoms with Gasteiger partial charge in [-0.1, -0.05) is 29.5 Å². The third-order valence-electron chi connectivity index (χ3n) is 5.09. The molecule has 0 atom stereocenters. The number of benzene rings is 2. The highest BCUT2D eigenvalue weighted by atomic mass is 32.2. The Morgan fingerprint density at radius 2 is 1.61 bits per heavy atom. The zero-order valence-corrected chi connectivity index (χ0v) is 18.1. The first-order valence-electron chi connectivity index (χ1n) is 10.1. The van der Waals surface area contributed by atoms with Gasteiger partial charge in [-0.05, 0) is 43.3 Å². The van der Waals surface area contributed by atoms with E-state index in [1.54, 1.807) is 24.5 Å². The number of hydrogen-bond donors (Lipinski definition) is 1. The summed E-state index contributed by atoms with van der Waals surface area (Å²) < 4.78 is 13.2.